The van der Waals surface area contributed by atoms with Gasteiger partial charge in [-0.3, -0.25) is 0 Å². The summed E-state index contributed by atoms with van der Waals surface area (Å²) < 4.78 is 72.0. The van der Waals surface area contributed by atoms with Gasteiger partial charge in [-0.15, -0.1) is 0 Å². The van der Waals surface area contributed by atoms with E-state index in [9.17, 15) is 22.0 Å². The molecule has 4 aromatic rings. The van der Waals surface area contributed by atoms with Crippen LogP contribution in [-0.2, 0) is 25.7 Å². The molecular weight excluding hydrogens is 430 g/mol. The van der Waals surface area contributed by atoms with Crippen LogP contribution in [0.1, 0.15) is 39.5 Å². The van der Waals surface area contributed by atoms with Crippen molar-refractivity contribution in [3.05, 3.63) is 98.9 Å². The Hall–Kier alpha value is -2.79. The van der Waals surface area contributed by atoms with E-state index in [-0.39, 0.29) is 0 Å². The molecule has 3 heterocycles. The van der Waals surface area contributed by atoms with Crippen molar-refractivity contribution < 1.29 is 22.0 Å². The minimum absolute atomic E-state index is 0.380. The first-order valence-electron chi connectivity index (χ1n) is 9.98. The second kappa shape index (κ2) is 7.72. The fourth-order valence-electron chi connectivity index (χ4n) is 4.56. The quantitative estimate of drug-likeness (QED) is 0.194. The van der Waals surface area contributed by atoms with Crippen molar-refractivity contribution >= 4 is 7.53 Å². The van der Waals surface area contributed by atoms with Gasteiger partial charge < -0.3 is 9.97 Å². The Balaban J connectivity index is 1.82. The third-order valence-electron chi connectivity index (χ3n) is 5.91. The molecule has 8 heteroatoms. The van der Waals surface area contributed by atoms with Crippen LogP contribution < -0.4 is 0 Å². The SMILES string of the molecule is Fc1c(F)c(F)c(-p2c(Cc3ccc[nH]3)c3c(c2Cc2ccc[nH]2)CCC3)c(F)c1F. The lowest BCUT2D eigenvalue weighted by Gasteiger charge is -2.15. The molecule has 0 radical (unpaired) electrons. The van der Waals surface area contributed by atoms with Crippen molar-refractivity contribution in [2.24, 2.45) is 0 Å². The molecule has 0 unspecified atom stereocenters. The first-order chi connectivity index (χ1) is 15.0. The normalized spacial score (nSPS) is 13.2. The maximum absolute atomic E-state index is 15.0. The van der Waals surface area contributed by atoms with E-state index in [2.05, 4.69) is 9.97 Å². The summed E-state index contributed by atoms with van der Waals surface area (Å²) in [6.45, 7) is 0. The van der Waals surface area contributed by atoms with Crippen LogP contribution in [0.15, 0.2) is 36.7 Å². The monoisotopic (exact) mass is 448 g/mol. The highest BCUT2D eigenvalue weighted by molar-refractivity contribution is 7.59. The Bertz CT molecular complexity index is 1170. The lowest BCUT2D eigenvalue weighted by Crippen LogP contribution is -2.03. The maximum Gasteiger partial charge on any atom is 0.200 e. The Kier molecular flexibility index (Phi) is 5.01. The second-order valence-electron chi connectivity index (χ2n) is 7.70. The Morgan fingerprint density at radius 1 is 0.677 bits per heavy atom. The van der Waals surface area contributed by atoms with Crippen LogP contribution in [0.4, 0.5) is 22.0 Å². The molecule has 0 saturated carbocycles. The van der Waals surface area contributed by atoms with Crippen LogP contribution in [0.3, 0.4) is 0 Å². The maximum atomic E-state index is 15.0. The number of halogens is 5. The van der Waals surface area contributed by atoms with Crippen molar-refractivity contribution in [3.63, 3.8) is 0 Å². The van der Waals surface area contributed by atoms with E-state index in [1.165, 1.54) is 0 Å². The summed E-state index contributed by atoms with van der Waals surface area (Å²) in [6, 6.07) is 7.35. The van der Waals surface area contributed by atoms with Gasteiger partial charge in [-0.1, -0.05) is 7.53 Å². The Morgan fingerprint density at radius 3 is 1.55 bits per heavy atom. The number of benzene rings is 1. The molecule has 0 bridgehead atoms. The fourth-order valence-corrected chi connectivity index (χ4v) is 7.71. The number of nitrogens with one attached hydrogen (secondary N) is 2. The Morgan fingerprint density at radius 2 is 1.13 bits per heavy atom. The zero-order valence-electron chi connectivity index (χ0n) is 16.3. The first kappa shape index (κ1) is 20.1. The van der Waals surface area contributed by atoms with Crippen LogP contribution in [0.2, 0.25) is 0 Å². The van der Waals surface area contributed by atoms with E-state index in [0.717, 1.165) is 52.4 Å². The minimum Gasteiger partial charge on any atom is -0.365 e. The molecule has 1 aliphatic rings. The number of fused-ring (bicyclic) bond motifs is 1. The summed E-state index contributed by atoms with van der Waals surface area (Å²) in [6.07, 6.45) is 6.66. The number of aromatic nitrogens is 2. The lowest BCUT2D eigenvalue weighted by atomic mass is 10.1. The van der Waals surface area contributed by atoms with Gasteiger partial charge in [-0.05, 0) is 65.2 Å². The van der Waals surface area contributed by atoms with Gasteiger partial charge in [0, 0.05) is 36.6 Å². The molecule has 31 heavy (non-hydrogen) atoms. The molecule has 160 valence electrons. The van der Waals surface area contributed by atoms with Crippen LogP contribution in [0.25, 0.3) is 5.30 Å². The molecule has 5 rings (SSSR count). The third-order valence-corrected chi connectivity index (χ3v) is 8.68. The zero-order chi connectivity index (χ0) is 21.7. The molecular formula is C23H18F5N2P. The van der Waals surface area contributed by atoms with Gasteiger partial charge in [-0.2, -0.15) is 0 Å². The number of aromatic amines is 2. The highest BCUT2D eigenvalue weighted by atomic mass is 31.1. The van der Waals surface area contributed by atoms with Crippen LogP contribution in [-0.4, -0.2) is 9.97 Å². The molecule has 2 N–H and O–H groups in total. The average Bonchev–Trinajstić information content (AvgIpc) is 3.55. The average molecular weight is 448 g/mol. The molecule has 1 aromatic carbocycles. The van der Waals surface area contributed by atoms with Crippen molar-refractivity contribution in [1.29, 1.82) is 0 Å². The predicted octanol–water partition coefficient (Wildman–Crippen LogP) is 6.68. The predicted molar refractivity (Wildman–Crippen MR) is 109 cm³/mol. The number of hydrogen-bond donors (Lipinski definition) is 2. The highest BCUT2D eigenvalue weighted by Gasteiger charge is 2.34. The third kappa shape index (κ3) is 3.23. The molecule has 0 saturated heterocycles. The topological polar surface area (TPSA) is 31.6 Å². The molecule has 0 fully saturated rings. The molecule has 0 spiro atoms. The van der Waals surface area contributed by atoms with Crippen molar-refractivity contribution in [1.82, 2.24) is 9.97 Å². The van der Waals surface area contributed by atoms with Crippen LogP contribution in [0, 0.1) is 29.1 Å². The molecule has 3 aromatic heterocycles. The van der Waals surface area contributed by atoms with Crippen LogP contribution in [0.5, 0.6) is 0 Å². The van der Waals surface area contributed by atoms with Gasteiger partial charge in [-0.25, -0.2) is 22.0 Å². The van der Waals surface area contributed by atoms with Gasteiger partial charge >= 0.3 is 0 Å². The lowest BCUT2D eigenvalue weighted by molar-refractivity contribution is 0.383. The summed E-state index contributed by atoms with van der Waals surface area (Å²) in [5.41, 5.74) is 3.72. The van der Waals surface area contributed by atoms with Gasteiger partial charge in [0.1, 0.15) is 0 Å². The smallest absolute Gasteiger partial charge is 0.200 e. The fraction of sp³-hybridized carbons (Fsp3) is 0.217. The van der Waals surface area contributed by atoms with E-state index in [1.54, 1.807) is 12.4 Å². The van der Waals surface area contributed by atoms with Gasteiger partial charge in [0.15, 0.2) is 23.3 Å². The Labute approximate surface area is 176 Å². The van der Waals surface area contributed by atoms with E-state index >= 15 is 0 Å². The van der Waals surface area contributed by atoms with Crippen molar-refractivity contribution in [3.8, 4) is 5.30 Å². The second-order valence-corrected chi connectivity index (χ2v) is 9.90. The van der Waals surface area contributed by atoms with E-state index in [4.69, 9.17) is 0 Å². The van der Waals surface area contributed by atoms with E-state index in [0.29, 0.717) is 12.8 Å². The molecule has 0 atom stereocenters. The first-order valence-corrected chi connectivity index (χ1v) is 11.3. The highest BCUT2D eigenvalue weighted by Crippen LogP contribution is 2.57. The van der Waals surface area contributed by atoms with Gasteiger partial charge in [0.2, 0.25) is 5.82 Å². The summed E-state index contributed by atoms with van der Waals surface area (Å²) >= 11 is 0. The standard InChI is InChI=1S/C23H18F5N2P/c24-18-19(25)21(27)23(22(28)20(18)26)31-16(10-12-4-2-8-29-12)14-6-1-7-15(14)17(31)11-13-5-3-9-30-13/h2-5,8-9,29-30H,1,6-7,10-11H2. The van der Waals surface area contributed by atoms with E-state index in [1.807, 2.05) is 24.3 Å². The summed E-state index contributed by atoms with van der Waals surface area (Å²) in [4.78, 5) is 6.19. The summed E-state index contributed by atoms with van der Waals surface area (Å²) in [5, 5.41) is 0.855. The molecule has 0 aliphatic heterocycles. The van der Waals surface area contributed by atoms with Crippen molar-refractivity contribution in [2.45, 2.75) is 32.1 Å². The molecule has 2 nitrogen and oxygen atoms in total. The van der Waals surface area contributed by atoms with E-state index < -0.39 is 41.9 Å². The van der Waals surface area contributed by atoms with Crippen LogP contribution >= 0.6 is 7.53 Å². The number of H-pyrrole nitrogens is 2. The zero-order valence-corrected chi connectivity index (χ0v) is 17.2. The molecule has 0 amide bonds. The van der Waals surface area contributed by atoms with Gasteiger partial charge in [0.25, 0.3) is 0 Å². The van der Waals surface area contributed by atoms with Crippen molar-refractivity contribution in [2.75, 3.05) is 0 Å². The number of hydrogen-bond acceptors (Lipinski definition) is 0. The summed E-state index contributed by atoms with van der Waals surface area (Å²) in [5.74, 6) is -9.34. The largest absolute Gasteiger partial charge is 0.365 e. The number of rotatable bonds is 5. The van der Waals surface area contributed by atoms with Gasteiger partial charge in [0.05, 0.1) is 5.30 Å². The molecule has 1 aliphatic carbocycles. The minimum atomic E-state index is -2.12. The summed E-state index contributed by atoms with van der Waals surface area (Å²) in [7, 11) is -1.87.